The highest BCUT2D eigenvalue weighted by Gasteiger charge is 2.49. The molecule has 0 aromatic heterocycles. The van der Waals surface area contributed by atoms with Gasteiger partial charge in [-0.3, -0.25) is 0 Å². The van der Waals surface area contributed by atoms with Gasteiger partial charge in [0.2, 0.25) is 0 Å². The van der Waals surface area contributed by atoms with Crippen LogP contribution in [0.5, 0.6) is 0 Å². The minimum absolute atomic E-state index is 0.0429. The van der Waals surface area contributed by atoms with Crippen LogP contribution < -0.4 is 57.3 Å². The maximum atomic E-state index is 2.97. The predicted octanol–water partition coefficient (Wildman–Crippen LogP) is 15.5. The molecule has 10 aromatic rings. The van der Waals surface area contributed by atoms with Gasteiger partial charge >= 0.3 is 0 Å². The van der Waals surface area contributed by atoms with E-state index in [0.717, 1.165) is 11.4 Å². The smallest absolute Gasteiger partial charge is 0.252 e. The third-order valence-electron chi connectivity index (χ3n) is 18.3. The van der Waals surface area contributed by atoms with Crippen LogP contribution in [0.1, 0.15) is 64.2 Å². The summed E-state index contributed by atoms with van der Waals surface area (Å²) in [6, 6.07) is 90.8. The fourth-order valence-corrected chi connectivity index (χ4v) is 15.9. The predicted molar refractivity (Wildman–Crippen MR) is 341 cm³/mol. The second-order valence-electron chi connectivity index (χ2n) is 22.8. The van der Waals surface area contributed by atoms with Crippen molar-refractivity contribution in [3.8, 4) is 0 Å². The van der Waals surface area contributed by atoms with Crippen LogP contribution >= 0.6 is 11.8 Å². The van der Waals surface area contributed by atoms with E-state index in [0.29, 0.717) is 12.1 Å². The van der Waals surface area contributed by atoms with Crippen molar-refractivity contribution in [1.29, 1.82) is 0 Å². The van der Waals surface area contributed by atoms with E-state index in [9.17, 15) is 0 Å². The Morgan fingerprint density at radius 2 is 0.650 bits per heavy atom. The van der Waals surface area contributed by atoms with Gasteiger partial charge in [-0.05, 0) is 162 Å². The van der Waals surface area contributed by atoms with Gasteiger partial charge in [0.15, 0.2) is 0 Å². The fourth-order valence-electron chi connectivity index (χ4n) is 15.0. The van der Waals surface area contributed by atoms with Gasteiger partial charge in [0.05, 0.1) is 0 Å². The molecule has 0 radical (unpaired) electrons. The topological polar surface area (TPSA) is 16.2 Å². The molecular formula is C72H61B2N5S. The van der Waals surface area contributed by atoms with Gasteiger partial charge in [0.25, 0.3) is 13.4 Å². The minimum atomic E-state index is -0.0557. The molecule has 386 valence electrons. The highest BCUT2D eigenvalue weighted by Crippen LogP contribution is 2.51. The lowest BCUT2D eigenvalue weighted by molar-refractivity contribution is 0.340. The Morgan fingerprint density at radius 3 is 1.06 bits per heavy atom. The van der Waals surface area contributed by atoms with E-state index < -0.39 is 0 Å². The summed E-state index contributed by atoms with van der Waals surface area (Å²) in [4.78, 5) is 15.8. The molecule has 0 saturated heterocycles. The number of hydrogen-bond acceptors (Lipinski definition) is 6. The Balaban J connectivity index is 1.00. The van der Waals surface area contributed by atoms with E-state index in [1.807, 2.05) is 11.8 Å². The first kappa shape index (κ1) is 47.7. The molecule has 10 aromatic carbocycles. The molecule has 0 unspecified atom stereocenters. The van der Waals surface area contributed by atoms with Crippen LogP contribution in [-0.4, -0.2) is 25.5 Å². The molecule has 2 fully saturated rings. The van der Waals surface area contributed by atoms with E-state index in [4.69, 9.17) is 0 Å². The summed E-state index contributed by atoms with van der Waals surface area (Å²) < 4.78 is 0. The quantitative estimate of drug-likeness (QED) is 0.133. The molecule has 8 heteroatoms. The molecule has 0 atom stereocenters. The van der Waals surface area contributed by atoms with Crippen LogP contribution in [0.4, 0.5) is 73.9 Å². The van der Waals surface area contributed by atoms with E-state index >= 15 is 0 Å². The maximum absolute atomic E-state index is 2.97. The first-order chi connectivity index (χ1) is 39.7. The first-order valence-electron chi connectivity index (χ1n) is 29.4. The number of benzene rings is 10. The first-order valence-corrected chi connectivity index (χ1v) is 30.2. The Labute approximate surface area is 476 Å². The third kappa shape index (κ3) is 7.77. The van der Waals surface area contributed by atoms with Crippen molar-refractivity contribution < 1.29 is 0 Å². The normalized spacial score (nSPS) is 16.1. The Bertz CT molecular complexity index is 3930. The summed E-state index contributed by atoms with van der Waals surface area (Å²) in [6.07, 6.45) is 12.9. The van der Waals surface area contributed by atoms with E-state index in [1.165, 1.54) is 169 Å². The average molecular weight is 1050 g/mol. The summed E-state index contributed by atoms with van der Waals surface area (Å²) in [5, 5.41) is 0. The zero-order valence-electron chi connectivity index (χ0n) is 45.0. The molecule has 0 spiro atoms. The summed E-state index contributed by atoms with van der Waals surface area (Å²) in [5.74, 6) is 0. The Kier molecular flexibility index (Phi) is 11.8. The van der Waals surface area contributed by atoms with Crippen LogP contribution in [0.3, 0.4) is 0 Å². The van der Waals surface area contributed by atoms with E-state index in [2.05, 4.69) is 261 Å². The zero-order valence-corrected chi connectivity index (χ0v) is 45.9. The van der Waals surface area contributed by atoms with Crippen LogP contribution in [0, 0.1) is 0 Å². The molecule has 4 aliphatic heterocycles. The molecule has 16 rings (SSSR count). The molecule has 80 heavy (non-hydrogen) atoms. The van der Waals surface area contributed by atoms with Crippen molar-refractivity contribution in [3.05, 3.63) is 237 Å². The molecule has 2 aliphatic carbocycles. The second kappa shape index (κ2) is 19.8. The largest absolute Gasteiger partial charge is 0.365 e. The molecule has 2 saturated carbocycles. The van der Waals surface area contributed by atoms with Crippen LogP contribution in [0.15, 0.2) is 246 Å². The van der Waals surface area contributed by atoms with E-state index in [1.54, 1.807) is 0 Å². The standard InChI is InChI=1S/C72H61B2N5S/c1-8-26-50(27-9-1)75(51-28-10-2-11-29-51)56-44-67-71-68(45-56)78(54-34-16-5-17-35-54)65-49-66-62(48-61(65)73(71)59-40-22-24-42-63(59)76(67)52-30-12-3-13-31-52)74-60-41-23-25-43-64(60)77(53-32-14-4-15-33-53)69-46-58(80-57-38-20-7-21-39-57)47-70(72(69)74)79(66)55-36-18-6-19-37-55/h3-7,12-25,30-51H,1-2,8-11,26-29H2. The monoisotopic (exact) mass is 1050 g/mol. The molecule has 0 amide bonds. The van der Waals surface area contributed by atoms with Crippen molar-refractivity contribution in [2.75, 3.05) is 24.5 Å². The third-order valence-corrected chi connectivity index (χ3v) is 19.3. The summed E-state index contributed by atoms with van der Waals surface area (Å²) >= 11 is 1.84. The molecular weight excluding hydrogens is 989 g/mol. The zero-order chi connectivity index (χ0) is 52.7. The van der Waals surface area contributed by atoms with Gasteiger partial charge < -0.3 is 24.5 Å². The molecule has 6 aliphatic rings. The summed E-state index contributed by atoms with van der Waals surface area (Å²) in [5.41, 5.74) is 23.9. The number of fused-ring (bicyclic) bond motifs is 8. The highest BCUT2D eigenvalue weighted by molar-refractivity contribution is 7.99. The van der Waals surface area contributed by atoms with Crippen LogP contribution in [-0.2, 0) is 0 Å². The van der Waals surface area contributed by atoms with Gasteiger partial charge in [0, 0.05) is 95.8 Å². The average Bonchev–Trinajstić information content (AvgIpc) is 2.61. The summed E-state index contributed by atoms with van der Waals surface area (Å²) in [6.45, 7) is -0.0987. The highest BCUT2D eigenvalue weighted by atomic mass is 32.2. The van der Waals surface area contributed by atoms with E-state index in [-0.39, 0.29) is 13.4 Å². The van der Waals surface area contributed by atoms with Crippen molar-refractivity contribution in [2.24, 2.45) is 0 Å². The minimum Gasteiger partial charge on any atom is -0.365 e. The molecule has 4 heterocycles. The number of rotatable bonds is 9. The van der Waals surface area contributed by atoms with Crippen molar-refractivity contribution >= 4 is 132 Å². The second-order valence-corrected chi connectivity index (χ2v) is 24.0. The number of nitrogens with zero attached hydrogens (tertiary/aromatic N) is 5. The number of anilines is 13. The van der Waals surface area contributed by atoms with Crippen molar-refractivity contribution in [3.63, 3.8) is 0 Å². The Morgan fingerprint density at radius 1 is 0.300 bits per heavy atom. The van der Waals surface area contributed by atoms with Crippen LogP contribution in [0.25, 0.3) is 0 Å². The van der Waals surface area contributed by atoms with Gasteiger partial charge in [-0.1, -0.05) is 184 Å². The van der Waals surface area contributed by atoms with Crippen LogP contribution in [0.2, 0.25) is 0 Å². The van der Waals surface area contributed by atoms with Crippen molar-refractivity contribution in [2.45, 2.75) is 86.1 Å². The number of hydrogen-bond donors (Lipinski definition) is 0. The lowest BCUT2D eigenvalue weighted by Gasteiger charge is -2.48. The van der Waals surface area contributed by atoms with Gasteiger partial charge in [-0.25, -0.2) is 0 Å². The maximum Gasteiger partial charge on any atom is 0.252 e. The molecule has 0 N–H and O–H groups in total. The lowest BCUT2D eigenvalue weighted by atomic mass is 9.30. The van der Waals surface area contributed by atoms with Gasteiger partial charge in [-0.15, -0.1) is 0 Å². The number of para-hydroxylation sites is 6. The van der Waals surface area contributed by atoms with Gasteiger partial charge in [0.1, 0.15) is 0 Å². The fraction of sp³-hybridized carbons (Fsp3) is 0.167. The summed E-state index contributed by atoms with van der Waals surface area (Å²) in [7, 11) is 0. The lowest BCUT2D eigenvalue weighted by Crippen LogP contribution is -2.65. The molecule has 0 bridgehead atoms. The van der Waals surface area contributed by atoms with Crippen molar-refractivity contribution in [1.82, 2.24) is 0 Å². The van der Waals surface area contributed by atoms with Gasteiger partial charge in [-0.2, -0.15) is 0 Å². The Hall–Kier alpha value is -8.32. The molecule has 5 nitrogen and oxygen atoms in total. The SMILES string of the molecule is c1ccc(Sc2cc3c4c(c2)N(c2ccccc2)c2cc5c(cc2B4c2ccccc2N3c2ccccc2)B2c3ccccc3N(c3ccccc3)c3cc(N(C4CCCCC4)C4CCCCC4)cc(c32)N5c2ccccc2)cc1.